The van der Waals surface area contributed by atoms with Crippen molar-refractivity contribution in [2.45, 2.75) is 39.4 Å². The highest BCUT2D eigenvalue weighted by atomic mass is 16.7. The third-order valence-corrected chi connectivity index (χ3v) is 4.65. The number of benzene rings is 2. The molecule has 1 fully saturated rings. The van der Waals surface area contributed by atoms with Gasteiger partial charge in [-0.1, -0.05) is 36.4 Å². The van der Waals surface area contributed by atoms with Crippen LogP contribution in [0.25, 0.3) is 11.1 Å². The van der Waals surface area contributed by atoms with Crippen LogP contribution in [0.15, 0.2) is 42.5 Å². The SMILES string of the molecule is CCOC(=O)c1ccccc1-c1cccc(C)c1CCC1OCCCO1. The Bertz CT molecular complexity index is 748. The number of aryl methyl sites for hydroxylation is 1. The van der Waals surface area contributed by atoms with E-state index >= 15 is 0 Å². The molecule has 0 spiro atoms. The van der Waals surface area contributed by atoms with E-state index in [1.807, 2.05) is 37.3 Å². The van der Waals surface area contributed by atoms with Crippen LogP contribution >= 0.6 is 0 Å². The van der Waals surface area contributed by atoms with Crippen LogP contribution in [0.4, 0.5) is 0 Å². The Kier molecular flexibility index (Phi) is 6.42. The van der Waals surface area contributed by atoms with Crippen LogP contribution in [-0.2, 0) is 20.6 Å². The molecule has 0 aromatic heterocycles. The molecule has 1 saturated heterocycles. The fourth-order valence-corrected chi connectivity index (χ4v) is 3.36. The number of hydrogen-bond donors (Lipinski definition) is 0. The van der Waals surface area contributed by atoms with Crippen molar-refractivity contribution in [3.8, 4) is 11.1 Å². The van der Waals surface area contributed by atoms with Crippen LogP contribution in [-0.4, -0.2) is 32.1 Å². The maximum atomic E-state index is 12.4. The van der Waals surface area contributed by atoms with Gasteiger partial charge in [0.1, 0.15) is 0 Å². The first-order valence-corrected chi connectivity index (χ1v) is 9.29. The molecule has 26 heavy (non-hydrogen) atoms. The molecule has 0 aliphatic carbocycles. The molecule has 1 aliphatic heterocycles. The van der Waals surface area contributed by atoms with Crippen molar-refractivity contribution < 1.29 is 19.0 Å². The summed E-state index contributed by atoms with van der Waals surface area (Å²) in [6.07, 6.45) is 2.46. The van der Waals surface area contributed by atoms with E-state index in [-0.39, 0.29) is 12.3 Å². The fraction of sp³-hybridized carbons (Fsp3) is 0.409. The van der Waals surface area contributed by atoms with Crippen molar-refractivity contribution in [2.24, 2.45) is 0 Å². The van der Waals surface area contributed by atoms with Crippen LogP contribution in [0.5, 0.6) is 0 Å². The maximum absolute atomic E-state index is 12.4. The number of hydrogen-bond acceptors (Lipinski definition) is 4. The Hall–Kier alpha value is -2.17. The molecule has 0 radical (unpaired) electrons. The molecule has 2 aromatic rings. The Balaban J connectivity index is 1.91. The summed E-state index contributed by atoms with van der Waals surface area (Å²) >= 11 is 0. The lowest BCUT2D eigenvalue weighted by atomic mass is 9.90. The summed E-state index contributed by atoms with van der Waals surface area (Å²) in [6.45, 7) is 5.81. The summed E-state index contributed by atoms with van der Waals surface area (Å²) in [5.74, 6) is -0.283. The molecule has 4 nitrogen and oxygen atoms in total. The summed E-state index contributed by atoms with van der Waals surface area (Å²) in [5.41, 5.74) is 5.02. The summed E-state index contributed by atoms with van der Waals surface area (Å²) in [6, 6.07) is 13.8. The van der Waals surface area contributed by atoms with E-state index in [1.165, 1.54) is 11.1 Å². The molecule has 0 N–H and O–H groups in total. The number of ether oxygens (including phenoxy) is 3. The van der Waals surface area contributed by atoms with E-state index in [1.54, 1.807) is 0 Å². The second-order valence-corrected chi connectivity index (χ2v) is 6.43. The first-order chi connectivity index (χ1) is 12.7. The Morgan fingerprint density at radius 1 is 1.08 bits per heavy atom. The second-order valence-electron chi connectivity index (χ2n) is 6.43. The van der Waals surface area contributed by atoms with Gasteiger partial charge in [-0.15, -0.1) is 0 Å². The Morgan fingerprint density at radius 3 is 2.58 bits per heavy atom. The van der Waals surface area contributed by atoms with Crippen molar-refractivity contribution in [1.82, 2.24) is 0 Å². The first kappa shape index (κ1) is 18.6. The van der Waals surface area contributed by atoms with Gasteiger partial charge in [0, 0.05) is 6.42 Å². The van der Waals surface area contributed by atoms with E-state index in [0.29, 0.717) is 12.2 Å². The zero-order chi connectivity index (χ0) is 18.4. The van der Waals surface area contributed by atoms with Crippen molar-refractivity contribution >= 4 is 5.97 Å². The molecule has 0 amide bonds. The predicted molar refractivity (Wildman–Crippen MR) is 101 cm³/mol. The van der Waals surface area contributed by atoms with Gasteiger partial charge in [-0.3, -0.25) is 0 Å². The lowest BCUT2D eigenvalue weighted by Crippen LogP contribution is -2.25. The number of esters is 1. The molecule has 3 rings (SSSR count). The van der Waals surface area contributed by atoms with Gasteiger partial charge in [0.05, 0.1) is 25.4 Å². The normalized spacial score (nSPS) is 15.0. The minimum atomic E-state index is -0.283. The van der Waals surface area contributed by atoms with Gasteiger partial charge in [0.2, 0.25) is 0 Å². The highest BCUT2D eigenvalue weighted by molar-refractivity contribution is 5.97. The van der Waals surface area contributed by atoms with Crippen molar-refractivity contribution in [2.75, 3.05) is 19.8 Å². The number of rotatable bonds is 6. The fourth-order valence-electron chi connectivity index (χ4n) is 3.36. The third-order valence-electron chi connectivity index (χ3n) is 4.65. The highest BCUT2D eigenvalue weighted by Gasteiger charge is 2.19. The topological polar surface area (TPSA) is 44.8 Å². The van der Waals surface area contributed by atoms with Crippen molar-refractivity contribution in [3.05, 3.63) is 59.2 Å². The van der Waals surface area contributed by atoms with E-state index in [9.17, 15) is 4.79 Å². The van der Waals surface area contributed by atoms with Crippen LogP contribution in [0.2, 0.25) is 0 Å². The average molecular weight is 354 g/mol. The standard InChI is InChI=1S/C22H26O4/c1-3-24-22(23)20-10-5-4-9-19(20)18-11-6-8-16(2)17(18)12-13-21-25-14-7-15-26-21/h4-6,8-11,21H,3,7,12-15H2,1-2H3. The highest BCUT2D eigenvalue weighted by Crippen LogP contribution is 2.31. The summed E-state index contributed by atoms with van der Waals surface area (Å²) in [5, 5.41) is 0. The lowest BCUT2D eigenvalue weighted by molar-refractivity contribution is -0.180. The zero-order valence-corrected chi connectivity index (χ0v) is 15.5. The molecule has 4 heteroatoms. The zero-order valence-electron chi connectivity index (χ0n) is 15.5. The van der Waals surface area contributed by atoms with Gasteiger partial charge in [0.25, 0.3) is 0 Å². The van der Waals surface area contributed by atoms with Crippen molar-refractivity contribution in [1.29, 1.82) is 0 Å². The molecular weight excluding hydrogens is 328 g/mol. The molecule has 0 saturated carbocycles. The van der Waals surface area contributed by atoms with Crippen LogP contribution in [0.3, 0.4) is 0 Å². The van der Waals surface area contributed by atoms with Crippen LogP contribution in [0, 0.1) is 6.92 Å². The maximum Gasteiger partial charge on any atom is 0.338 e. The summed E-state index contributed by atoms with van der Waals surface area (Å²) < 4.78 is 16.6. The second kappa shape index (κ2) is 8.97. The van der Waals surface area contributed by atoms with Gasteiger partial charge in [-0.2, -0.15) is 0 Å². The third kappa shape index (κ3) is 4.32. The Labute approximate surface area is 155 Å². The van der Waals surface area contributed by atoms with E-state index in [0.717, 1.165) is 43.6 Å². The van der Waals surface area contributed by atoms with Gasteiger partial charge < -0.3 is 14.2 Å². The lowest BCUT2D eigenvalue weighted by Gasteiger charge is -2.24. The number of carbonyl (C=O) groups excluding carboxylic acids is 1. The summed E-state index contributed by atoms with van der Waals surface area (Å²) in [4.78, 5) is 12.4. The first-order valence-electron chi connectivity index (χ1n) is 9.29. The van der Waals surface area contributed by atoms with E-state index in [4.69, 9.17) is 14.2 Å². The molecule has 0 unspecified atom stereocenters. The molecule has 2 aromatic carbocycles. The molecule has 138 valence electrons. The smallest absolute Gasteiger partial charge is 0.338 e. The predicted octanol–water partition coefficient (Wildman–Crippen LogP) is 4.53. The van der Waals surface area contributed by atoms with Gasteiger partial charge in [-0.05, 0) is 55.0 Å². The van der Waals surface area contributed by atoms with E-state index < -0.39 is 0 Å². The monoisotopic (exact) mass is 354 g/mol. The van der Waals surface area contributed by atoms with Gasteiger partial charge in [0.15, 0.2) is 6.29 Å². The molecule has 0 bridgehead atoms. The van der Waals surface area contributed by atoms with Crippen molar-refractivity contribution in [3.63, 3.8) is 0 Å². The van der Waals surface area contributed by atoms with Crippen LogP contribution in [0.1, 0.15) is 41.3 Å². The quantitative estimate of drug-likeness (QED) is 0.715. The average Bonchev–Trinajstić information content (AvgIpc) is 2.68. The van der Waals surface area contributed by atoms with Gasteiger partial charge >= 0.3 is 5.97 Å². The molecule has 1 heterocycles. The molecule has 1 aliphatic rings. The minimum Gasteiger partial charge on any atom is -0.462 e. The van der Waals surface area contributed by atoms with Crippen LogP contribution < -0.4 is 0 Å². The largest absolute Gasteiger partial charge is 0.462 e. The molecule has 0 atom stereocenters. The number of carbonyl (C=O) groups is 1. The Morgan fingerprint density at radius 2 is 1.81 bits per heavy atom. The summed E-state index contributed by atoms with van der Waals surface area (Å²) in [7, 11) is 0. The van der Waals surface area contributed by atoms with E-state index in [2.05, 4.69) is 19.1 Å². The molecular formula is C22H26O4. The van der Waals surface area contributed by atoms with Gasteiger partial charge in [-0.25, -0.2) is 4.79 Å². The minimum absolute atomic E-state index is 0.142.